The SMILES string of the molecule is CCOc1ccc(C(Br)C2CCCC2C)cc1. The largest absolute Gasteiger partial charge is 0.494 e. The monoisotopic (exact) mass is 296 g/mol. The van der Waals surface area contributed by atoms with Crippen LogP contribution in [0.4, 0.5) is 0 Å². The van der Waals surface area contributed by atoms with Crippen LogP contribution in [0.2, 0.25) is 0 Å². The number of ether oxygens (including phenoxy) is 1. The summed E-state index contributed by atoms with van der Waals surface area (Å²) in [5.74, 6) is 2.59. The lowest BCUT2D eigenvalue weighted by molar-refractivity contribution is 0.340. The molecule has 0 aromatic heterocycles. The molecule has 17 heavy (non-hydrogen) atoms. The van der Waals surface area contributed by atoms with Gasteiger partial charge in [-0.05, 0) is 42.9 Å². The van der Waals surface area contributed by atoms with Crippen molar-refractivity contribution in [3.05, 3.63) is 29.8 Å². The highest BCUT2D eigenvalue weighted by atomic mass is 79.9. The van der Waals surface area contributed by atoms with Gasteiger partial charge in [-0.15, -0.1) is 0 Å². The maximum Gasteiger partial charge on any atom is 0.119 e. The molecule has 0 amide bonds. The van der Waals surface area contributed by atoms with Crippen LogP contribution in [-0.2, 0) is 0 Å². The second-order valence-electron chi connectivity index (χ2n) is 4.98. The molecule has 1 aliphatic carbocycles. The zero-order valence-corrected chi connectivity index (χ0v) is 12.2. The zero-order chi connectivity index (χ0) is 12.3. The second-order valence-corrected chi connectivity index (χ2v) is 5.96. The highest BCUT2D eigenvalue weighted by Crippen LogP contribution is 2.44. The predicted molar refractivity (Wildman–Crippen MR) is 75.8 cm³/mol. The van der Waals surface area contributed by atoms with Crippen LogP contribution in [0.3, 0.4) is 0 Å². The third-order valence-electron chi connectivity index (χ3n) is 3.81. The van der Waals surface area contributed by atoms with Gasteiger partial charge in [0, 0.05) is 4.83 Å². The molecule has 94 valence electrons. The normalized spacial score (nSPS) is 25.8. The Labute approximate surface area is 113 Å². The van der Waals surface area contributed by atoms with Crippen LogP contribution < -0.4 is 4.74 Å². The number of rotatable bonds is 4. The van der Waals surface area contributed by atoms with Crippen LogP contribution in [0.15, 0.2) is 24.3 Å². The van der Waals surface area contributed by atoms with Gasteiger partial charge in [0.05, 0.1) is 6.61 Å². The van der Waals surface area contributed by atoms with Crippen molar-refractivity contribution in [3.8, 4) is 5.75 Å². The van der Waals surface area contributed by atoms with Crippen LogP contribution in [0.1, 0.15) is 43.5 Å². The molecule has 1 aliphatic rings. The van der Waals surface area contributed by atoms with Crippen molar-refractivity contribution in [1.82, 2.24) is 0 Å². The molecule has 3 atom stereocenters. The fourth-order valence-electron chi connectivity index (χ4n) is 2.77. The summed E-state index contributed by atoms with van der Waals surface area (Å²) in [4.78, 5) is 0.496. The summed E-state index contributed by atoms with van der Waals surface area (Å²) >= 11 is 3.88. The Hall–Kier alpha value is -0.500. The van der Waals surface area contributed by atoms with Crippen LogP contribution in [0, 0.1) is 11.8 Å². The Morgan fingerprint density at radius 3 is 2.53 bits per heavy atom. The standard InChI is InChI=1S/C15H21BrO/c1-3-17-13-9-7-12(8-10-13)15(16)14-6-4-5-11(14)2/h7-11,14-15H,3-6H2,1-2H3. The first kappa shape index (κ1) is 12.9. The predicted octanol–water partition coefficient (Wildman–Crippen LogP) is 4.96. The van der Waals surface area contributed by atoms with E-state index in [9.17, 15) is 0 Å². The number of benzene rings is 1. The third kappa shape index (κ3) is 3.04. The average molecular weight is 297 g/mol. The van der Waals surface area contributed by atoms with E-state index >= 15 is 0 Å². The molecule has 1 saturated carbocycles. The molecule has 0 radical (unpaired) electrons. The third-order valence-corrected chi connectivity index (χ3v) is 5.02. The van der Waals surface area contributed by atoms with Gasteiger partial charge in [0.25, 0.3) is 0 Å². The molecule has 1 fully saturated rings. The van der Waals surface area contributed by atoms with Crippen molar-refractivity contribution in [2.45, 2.75) is 37.9 Å². The van der Waals surface area contributed by atoms with Crippen molar-refractivity contribution >= 4 is 15.9 Å². The molecular formula is C15H21BrO. The first-order valence-electron chi connectivity index (χ1n) is 6.59. The van der Waals surface area contributed by atoms with Crippen molar-refractivity contribution in [3.63, 3.8) is 0 Å². The lowest BCUT2D eigenvalue weighted by atomic mass is 9.91. The lowest BCUT2D eigenvalue weighted by Gasteiger charge is -2.22. The molecule has 1 nitrogen and oxygen atoms in total. The number of halogens is 1. The van der Waals surface area contributed by atoms with Gasteiger partial charge in [-0.1, -0.05) is 47.8 Å². The van der Waals surface area contributed by atoms with Crippen LogP contribution in [0.25, 0.3) is 0 Å². The van der Waals surface area contributed by atoms with Crippen molar-refractivity contribution < 1.29 is 4.74 Å². The Morgan fingerprint density at radius 1 is 1.29 bits per heavy atom. The fourth-order valence-corrected chi connectivity index (χ4v) is 3.86. The van der Waals surface area contributed by atoms with Gasteiger partial charge in [0.2, 0.25) is 0 Å². The maximum atomic E-state index is 5.47. The minimum Gasteiger partial charge on any atom is -0.494 e. The number of alkyl halides is 1. The highest BCUT2D eigenvalue weighted by Gasteiger charge is 2.30. The van der Waals surface area contributed by atoms with E-state index in [0.717, 1.165) is 24.2 Å². The van der Waals surface area contributed by atoms with E-state index in [1.54, 1.807) is 0 Å². The summed E-state index contributed by atoms with van der Waals surface area (Å²) in [7, 11) is 0. The molecule has 1 aromatic carbocycles. The first-order valence-corrected chi connectivity index (χ1v) is 7.50. The molecule has 0 heterocycles. The van der Waals surface area contributed by atoms with E-state index in [2.05, 4.69) is 47.1 Å². The van der Waals surface area contributed by atoms with Crippen molar-refractivity contribution in [2.24, 2.45) is 11.8 Å². The molecule has 0 bridgehead atoms. The fraction of sp³-hybridized carbons (Fsp3) is 0.600. The molecule has 0 N–H and O–H groups in total. The topological polar surface area (TPSA) is 9.23 Å². The minimum absolute atomic E-state index is 0.496. The molecule has 2 heteroatoms. The van der Waals surface area contributed by atoms with E-state index in [0.29, 0.717) is 4.83 Å². The van der Waals surface area contributed by atoms with Gasteiger partial charge in [-0.2, -0.15) is 0 Å². The molecule has 3 unspecified atom stereocenters. The molecule has 0 spiro atoms. The summed E-state index contributed by atoms with van der Waals surface area (Å²) < 4.78 is 5.47. The van der Waals surface area contributed by atoms with Crippen LogP contribution in [0.5, 0.6) is 5.75 Å². The van der Waals surface area contributed by atoms with Crippen molar-refractivity contribution in [2.75, 3.05) is 6.61 Å². The van der Waals surface area contributed by atoms with Gasteiger partial charge < -0.3 is 4.74 Å². The average Bonchev–Trinajstić information content (AvgIpc) is 2.76. The Morgan fingerprint density at radius 2 is 2.00 bits per heavy atom. The zero-order valence-electron chi connectivity index (χ0n) is 10.7. The lowest BCUT2D eigenvalue weighted by Crippen LogP contribution is -2.10. The van der Waals surface area contributed by atoms with Crippen LogP contribution in [-0.4, -0.2) is 6.61 Å². The van der Waals surface area contributed by atoms with Gasteiger partial charge in [0.15, 0.2) is 0 Å². The van der Waals surface area contributed by atoms with Crippen molar-refractivity contribution in [1.29, 1.82) is 0 Å². The Kier molecular flexibility index (Phi) is 4.49. The van der Waals surface area contributed by atoms with Crippen LogP contribution >= 0.6 is 15.9 Å². The molecule has 1 aromatic rings. The van der Waals surface area contributed by atoms with E-state index < -0.39 is 0 Å². The summed E-state index contributed by atoms with van der Waals surface area (Å²) in [5.41, 5.74) is 1.38. The van der Waals surface area contributed by atoms with E-state index in [-0.39, 0.29) is 0 Å². The Bertz CT molecular complexity index is 346. The highest BCUT2D eigenvalue weighted by molar-refractivity contribution is 9.09. The number of hydrogen-bond donors (Lipinski definition) is 0. The summed E-state index contributed by atoms with van der Waals surface area (Å²) in [5, 5.41) is 0. The van der Waals surface area contributed by atoms with Gasteiger partial charge in [-0.3, -0.25) is 0 Å². The van der Waals surface area contributed by atoms with E-state index in [1.807, 2.05) is 6.92 Å². The van der Waals surface area contributed by atoms with E-state index in [4.69, 9.17) is 4.74 Å². The Balaban J connectivity index is 2.05. The van der Waals surface area contributed by atoms with E-state index in [1.165, 1.54) is 24.8 Å². The van der Waals surface area contributed by atoms with Gasteiger partial charge in [0.1, 0.15) is 5.75 Å². The number of hydrogen-bond acceptors (Lipinski definition) is 1. The molecule has 0 saturated heterocycles. The quantitative estimate of drug-likeness (QED) is 0.714. The first-order chi connectivity index (χ1) is 8.22. The summed E-state index contributed by atoms with van der Waals surface area (Å²) in [6, 6.07) is 8.53. The maximum absolute atomic E-state index is 5.47. The molecule has 0 aliphatic heterocycles. The van der Waals surface area contributed by atoms with Gasteiger partial charge >= 0.3 is 0 Å². The molecule has 2 rings (SSSR count). The molecular weight excluding hydrogens is 276 g/mol. The second kappa shape index (κ2) is 5.90. The summed E-state index contributed by atoms with van der Waals surface area (Å²) in [6.07, 6.45) is 4.11. The summed E-state index contributed by atoms with van der Waals surface area (Å²) in [6.45, 7) is 5.12. The smallest absolute Gasteiger partial charge is 0.119 e. The van der Waals surface area contributed by atoms with Gasteiger partial charge in [-0.25, -0.2) is 0 Å². The minimum atomic E-state index is 0.496.